The summed E-state index contributed by atoms with van der Waals surface area (Å²) in [5, 5.41) is 2.99. The van der Waals surface area contributed by atoms with Crippen LogP contribution in [0.4, 0.5) is 5.69 Å². The highest BCUT2D eigenvalue weighted by Gasteiger charge is 2.14. The third-order valence-corrected chi connectivity index (χ3v) is 5.38. The standard InChI is InChI=1S/C22H26N4O2/c1-16-5-3-4-6-18(16)22(27)23-17-7-8-20-19(15-17)24-21(25(20)2)9-10-26-11-13-28-14-12-26/h3-8,15H,9-14H2,1-2H3,(H,23,27). The summed E-state index contributed by atoms with van der Waals surface area (Å²) in [5.74, 6) is 0.963. The van der Waals surface area contributed by atoms with Gasteiger partial charge in [-0.05, 0) is 36.8 Å². The Kier molecular flexibility index (Phi) is 5.41. The van der Waals surface area contributed by atoms with Gasteiger partial charge in [0.25, 0.3) is 5.91 Å². The molecule has 1 N–H and O–H groups in total. The molecule has 6 heteroatoms. The first-order valence-electron chi connectivity index (χ1n) is 9.74. The second-order valence-corrected chi connectivity index (χ2v) is 7.26. The topological polar surface area (TPSA) is 59.4 Å². The van der Waals surface area contributed by atoms with Crippen LogP contribution in [0.15, 0.2) is 42.5 Å². The molecule has 4 rings (SSSR count). The third kappa shape index (κ3) is 3.93. The molecule has 2 aromatic carbocycles. The number of fused-ring (bicyclic) bond motifs is 1. The van der Waals surface area contributed by atoms with Crippen molar-refractivity contribution in [2.75, 3.05) is 38.2 Å². The van der Waals surface area contributed by atoms with Crippen LogP contribution in [0.25, 0.3) is 11.0 Å². The summed E-state index contributed by atoms with van der Waals surface area (Å²) in [5.41, 5.74) is 4.39. The predicted molar refractivity (Wildman–Crippen MR) is 111 cm³/mol. The molecule has 146 valence electrons. The molecule has 0 radical (unpaired) electrons. The van der Waals surface area contributed by atoms with Crippen LogP contribution < -0.4 is 5.32 Å². The van der Waals surface area contributed by atoms with E-state index < -0.39 is 0 Å². The number of benzene rings is 2. The smallest absolute Gasteiger partial charge is 0.255 e. The largest absolute Gasteiger partial charge is 0.379 e. The number of anilines is 1. The fourth-order valence-electron chi connectivity index (χ4n) is 3.66. The second-order valence-electron chi connectivity index (χ2n) is 7.26. The molecule has 1 aliphatic rings. The lowest BCUT2D eigenvalue weighted by Gasteiger charge is -2.26. The van der Waals surface area contributed by atoms with E-state index >= 15 is 0 Å². The maximum atomic E-state index is 12.6. The van der Waals surface area contributed by atoms with Crippen LogP contribution in [-0.4, -0.2) is 53.2 Å². The molecule has 1 saturated heterocycles. The molecule has 1 amide bonds. The molecule has 0 atom stereocenters. The normalized spacial score (nSPS) is 15.1. The van der Waals surface area contributed by atoms with Crippen molar-refractivity contribution in [1.82, 2.24) is 14.5 Å². The lowest BCUT2D eigenvalue weighted by Crippen LogP contribution is -2.37. The van der Waals surface area contributed by atoms with Gasteiger partial charge in [0.15, 0.2) is 0 Å². The summed E-state index contributed by atoms with van der Waals surface area (Å²) in [6.45, 7) is 6.52. The van der Waals surface area contributed by atoms with E-state index in [1.54, 1.807) is 0 Å². The minimum Gasteiger partial charge on any atom is -0.379 e. The van der Waals surface area contributed by atoms with Gasteiger partial charge in [-0.3, -0.25) is 9.69 Å². The summed E-state index contributed by atoms with van der Waals surface area (Å²) in [6.07, 6.45) is 0.899. The van der Waals surface area contributed by atoms with Crippen LogP contribution >= 0.6 is 0 Å². The Balaban J connectivity index is 1.49. The Bertz CT molecular complexity index is 989. The van der Waals surface area contributed by atoms with Crippen molar-refractivity contribution in [3.63, 3.8) is 0 Å². The molecule has 0 aliphatic carbocycles. The molecule has 0 spiro atoms. The van der Waals surface area contributed by atoms with Crippen LogP contribution in [-0.2, 0) is 18.2 Å². The number of aromatic nitrogens is 2. The summed E-state index contributed by atoms with van der Waals surface area (Å²) >= 11 is 0. The van der Waals surface area contributed by atoms with E-state index in [1.165, 1.54) is 0 Å². The van der Waals surface area contributed by atoms with E-state index in [0.717, 1.165) is 67.4 Å². The number of carbonyl (C=O) groups excluding carboxylic acids is 1. The van der Waals surface area contributed by atoms with Crippen molar-refractivity contribution in [1.29, 1.82) is 0 Å². The number of hydrogen-bond acceptors (Lipinski definition) is 4. The predicted octanol–water partition coefficient (Wildman–Crippen LogP) is 3.01. The summed E-state index contributed by atoms with van der Waals surface area (Å²) in [6, 6.07) is 13.5. The Hall–Kier alpha value is -2.70. The minimum absolute atomic E-state index is 0.0964. The number of rotatable bonds is 5. The Morgan fingerprint density at radius 1 is 1.18 bits per heavy atom. The van der Waals surface area contributed by atoms with Crippen molar-refractivity contribution < 1.29 is 9.53 Å². The van der Waals surface area contributed by atoms with Crippen molar-refractivity contribution >= 4 is 22.6 Å². The molecule has 3 aromatic rings. The number of nitrogens with zero attached hydrogens (tertiary/aromatic N) is 3. The zero-order valence-corrected chi connectivity index (χ0v) is 16.4. The van der Waals surface area contributed by atoms with Gasteiger partial charge in [-0.15, -0.1) is 0 Å². The van der Waals surface area contributed by atoms with E-state index in [0.29, 0.717) is 5.56 Å². The Morgan fingerprint density at radius 3 is 2.75 bits per heavy atom. The first-order valence-corrected chi connectivity index (χ1v) is 9.74. The number of hydrogen-bond donors (Lipinski definition) is 1. The fourth-order valence-corrected chi connectivity index (χ4v) is 3.66. The maximum absolute atomic E-state index is 12.6. The monoisotopic (exact) mass is 378 g/mol. The number of morpholine rings is 1. The van der Waals surface area contributed by atoms with Gasteiger partial charge in [0, 0.05) is 44.4 Å². The Morgan fingerprint density at radius 2 is 1.96 bits per heavy atom. The molecule has 6 nitrogen and oxygen atoms in total. The van der Waals surface area contributed by atoms with Crippen LogP contribution in [0.3, 0.4) is 0 Å². The average molecular weight is 378 g/mol. The highest BCUT2D eigenvalue weighted by molar-refractivity contribution is 6.05. The first-order chi connectivity index (χ1) is 13.6. The quantitative estimate of drug-likeness (QED) is 0.741. The molecular formula is C22H26N4O2. The summed E-state index contributed by atoms with van der Waals surface area (Å²) in [7, 11) is 2.05. The van der Waals surface area contributed by atoms with Crippen LogP contribution in [0, 0.1) is 6.92 Å². The van der Waals surface area contributed by atoms with Crippen LogP contribution in [0.2, 0.25) is 0 Å². The summed E-state index contributed by atoms with van der Waals surface area (Å²) in [4.78, 5) is 19.8. The lowest BCUT2D eigenvalue weighted by atomic mass is 10.1. The van der Waals surface area contributed by atoms with Crippen molar-refractivity contribution in [2.24, 2.45) is 7.05 Å². The van der Waals surface area contributed by atoms with Gasteiger partial charge in [-0.25, -0.2) is 4.98 Å². The third-order valence-electron chi connectivity index (χ3n) is 5.38. The number of imidazole rings is 1. The van der Waals surface area contributed by atoms with E-state index in [9.17, 15) is 4.79 Å². The second kappa shape index (κ2) is 8.12. The molecular weight excluding hydrogens is 352 g/mol. The average Bonchev–Trinajstić information content (AvgIpc) is 3.02. The lowest BCUT2D eigenvalue weighted by molar-refractivity contribution is 0.0382. The van der Waals surface area contributed by atoms with Gasteiger partial charge in [0.05, 0.1) is 24.2 Å². The zero-order valence-electron chi connectivity index (χ0n) is 16.4. The van der Waals surface area contributed by atoms with E-state index in [-0.39, 0.29) is 5.91 Å². The molecule has 0 unspecified atom stereocenters. The number of nitrogens with one attached hydrogen (secondary N) is 1. The van der Waals surface area contributed by atoms with Crippen molar-refractivity contribution in [2.45, 2.75) is 13.3 Å². The highest BCUT2D eigenvalue weighted by atomic mass is 16.5. The van der Waals surface area contributed by atoms with Crippen LogP contribution in [0.5, 0.6) is 0 Å². The summed E-state index contributed by atoms with van der Waals surface area (Å²) < 4.78 is 7.55. The van der Waals surface area contributed by atoms with Crippen LogP contribution in [0.1, 0.15) is 21.7 Å². The Labute approximate surface area is 165 Å². The van der Waals surface area contributed by atoms with Gasteiger partial charge in [0.1, 0.15) is 5.82 Å². The minimum atomic E-state index is -0.0964. The van der Waals surface area contributed by atoms with Gasteiger partial charge >= 0.3 is 0 Å². The molecule has 28 heavy (non-hydrogen) atoms. The molecule has 1 aliphatic heterocycles. The molecule has 0 saturated carbocycles. The highest BCUT2D eigenvalue weighted by Crippen LogP contribution is 2.21. The number of amides is 1. The van der Waals surface area contributed by atoms with Crippen molar-refractivity contribution in [3.8, 4) is 0 Å². The molecule has 2 heterocycles. The van der Waals surface area contributed by atoms with Gasteiger partial charge in [0.2, 0.25) is 0 Å². The number of carbonyl (C=O) groups is 1. The first kappa shape index (κ1) is 18.7. The molecule has 0 bridgehead atoms. The molecule has 1 aromatic heterocycles. The van der Waals surface area contributed by atoms with Gasteiger partial charge in [-0.2, -0.15) is 0 Å². The number of ether oxygens (including phenoxy) is 1. The van der Waals surface area contributed by atoms with Gasteiger partial charge < -0.3 is 14.6 Å². The molecule has 1 fully saturated rings. The van der Waals surface area contributed by atoms with E-state index in [4.69, 9.17) is 9.72 Å². The number of aryl methyl sites for hydroxylation is 2. The fraction of sp³-hybridized carbons (Fsp3) is 0.364. The van der Waals surface area contributed by atoms with E-state index in [1.807, 2.05) is 49.4 Å². The van der Waals surface area contributed by atoms with Crippen molar-refractivity contribution in [3.05, 3.63) is 59.4 Å². The SMILES string of the molecule is Cc1ccccc1C(=O)Nc1ccc2c(c1)nc(CCN1CCOCC1)n2C. The van der Waals surface area contributed by atoms with Gasteiger partial charge in [-0.1, -0.05) is 18.2 Å². The zero-order chi connectivity index (χ0) is 19.5. The maximum Gasteiger partial charge on any atom is 0.255 e. The van der Waals surface area contributed by atoms with E-state index in [2.05, 4.69) is 21.8 Å².